The van der Waals surface area contributed by atoms with Crippen molar-refractivity contribution in [1.29, 1.82) is 0 Å². The Bertz CT molecular complexity index is 1100. The minimum Gasteiger partial charge on any atom is -0.493 e. The van der Waals surface area contributed by atoms with Gasteiger partial charge in [0.2, 0.25) is 5.91 Å². The van der Waals surface area contributed by atoms with Crippen LogP contribution in [0, 0.1) is 0 Å². The molecule has 4 rings (SSSR count). The molecule has 1 amide bonds. The maximum atomic E-state index is 12.8. The standard InChI is InChI=1S/C22H22F2N4O3/c1-30-17-8-4-6-15(20(17)31-22(23)24)10-11-19(29)27-12-5-7-16(14-27)21-26-25-18-9-2-3-13-28(18)21/h2-4,6,8-11,13,16,22H,5,7,12,14H2,1H3/b11-10+. The van der Waals surface area contributed by atoms with Crippen molar-refractivity contribution in [3.63, 3.8) is 0 Å². The second kappa shape index (κ2) is 9.11. The molecule has 9 heteroatoms. The van der Waals surface area contributed by atoms with Gasteiger partial charge < -0.3 is 14.4 Å². The van der Waals surface area contributed by atoms with Crippen LogP contribution in [-0.2, 0) is 4.79 Å². The molecule has 7 nitrogen and oxygen atoms in total. The number of methoxy groups -OCH3 is 1. The molecule has 0 radical (unpaired) electrons. The lowest BCUT2D eigenvalue weighted by Gasteiger charge is -2.31. The fourth-order valence-corrected chi connectivity index (χ4v) is 3.83. The van der Waals surface area contributed by atoms with E-state index in [9.17, 15) is 13.6 Å². The van der Waals surface area contributed by atoms with Gasteiger partial charge in [-0.1, -0.05) is 18.2 Å². The highest BCUT2D eigenvalue weighted by Crippen LogP contribution is 2.33. The van der Waals surface area contributed by atoms with Gasteiger partial charge in [0.1, 0.15) is 5.82 Å². The number of pyridine rings is 1. The molecule has 3 aromatic rings. The number of likely N-dealkylation sites (tertiary alicyclic amines) is 1. The molecule has 0 spiro atoms. The Morgan fingerprint density at radius 3 is 2.90 bits per heavy atom. The Morgan fingerprint density at radius 2 is 2.10 bits per heavy atom. The SMILES string of the molecule is COc1cccc(/C=C/C(=O)N2CCCC(c3nnc4ccccn34)C2)c1OC(F)F. The molecule has 1 unspecified atom stereocenters. The lowest BCUT2D eigenvalue weighted by molar-refractivity contribution is -0.127. The van der Waals surface area contributed by atoms with E-state index < -0.39 is 6.61 Å². The van der Waals surface area contributed by atoms with Crippen molar-refractivity contribution in [1.82, 2.24) is 19.5 Å². The Hall–Kier alpha value is -3.49. The quantitative estimate of drug-likeness (QED) is 0.560. The lowest BCUT2D eigenvalue weighted by Crippen LogP contribution is -2.38. The summed E-state index contributed by atoms with van der Waals surface area (Å²) in [6, 6.07) is 10.5. The van der Waals surface area contributed by atoms with Gasteiger partial charge in [0.25, 0.3) is 0 Å². The summed E-state index contributed by atoms with van der Waals surface area (Å²) in [5.41, 5.74) is 1.11. The predicted molar refractivity (Wildman–Crippen MR) is 110 cm³/mol. The number of nitrogens with zero attached hydrogens (tertiary/aromatic N) is 4. The second-order valence-electron chi connectivity index (χ2n) is 7.20. The van der Waals surface area contributed by atoms with E-state index in [1.54, 1.807) is 17.0 Å². The highest BCUT2D eigenvalue weighted by Gasteiger charge is 2.27. The molecule has 0 bridgehead atoms. The summed E-state index contributed by atoms with van der Waals surface area (Å²) >= 11 is 0. The number of aromatic nitrogens is 3. The molecular formula is C22H22F2N4O3. The Morgan fingerprint density at radius 1 is 1.23 bits per heavy atom. The van der Waals surface area contributed by atoms with Crippen LogP contribution in [0.4, 0.5) is 8.78 Å². The van der Waals surface area contributed by atoms with Crippen LogP contribution >= 0.6 is 0 Å². The fraction of sp³-hybridized carbons (Fsp3) is 0.318. The van der Waals surface area contributed by atoms with Crippen molar-refractivity contribution in [3.05, 3.63) is 60.1 Å². The summed E-state index contributed by atoms with van der Waals surface area (Å²) in [5.74, 6) is 0.766. The van der Waals surface area contributed by atoms with Gasteiger partial charge in [-0.15, -0.1) is 10.2 Å². The largest absolute Gasteiger partial charge is 0.493 e. The summed E-state index contributed by atoms with van der Waals surface area (Å²) in [6.07, 6.45) is 6.51. The molecule has 1 aliphatic rings. The van der Waals surface area contributed by atoms with Gasteiger partial charge in [-0.3, -0.25) is 9.20 Å². The number of alkyl halides is 2. The van der Waals surface area contributed by atoms with E-state index in [2.05, 4.69) is 14.9 Å². The van der Waals surface area contributed by atoms with Gasteiger partial charge >= 0.3 is 6.61 Å². The number of halogens is 2. The molecule has 0 aliphatic carbocycles. The molecule has 162 valence electrons. The van der Waals surface area contributed by atoms with Crippen LogP contribution in [0.2, 0.25) is 0 Å². The molecule has 1 saturated heterocycles. The van der Waals surface area contributed by atoms with Crippen LogP contribution in [0.3, 0.4) is 0 Å². The minimum atomic E-state index is -3.00. The van der Waals surface area contributed by atoms with E-state index in [1.807, 2.05) is 28.8 Å². The first-order valence-corrected chi connectivity index (χ1v) is 9.95. The molecule has 1 aromatic carbocycles. The van der Waals surface area contributed by atoms with Gasteiger partial charge in [-0.05, 0) is 37.1 Å². The van der Waals surface area contributed by atoms with Gasteiger partial charge in [0.05, 0.1) is 7.11 Å². The molecule has 1 aliphatic heterocycles. The highest BCUT2D eigenvalue weighted by molar-refractivity contribution is 5.92. The molecule has 1 fully saturated rings. The van der Waals surface area contributed by atoms with Crippen molar-refractivity contribution in [2.24, 2.45) is 0 Å². The summed E-state index contributed by atoms with van der Waals surface area (Å²) in [4.78, 5) is 14.6. The van der Waals surface area contributed by atoms with E-state index in [-0.39, 0.29) is 23.3 Å². The van der Waals surface area contributed by atoms with Gasteiger partial charge in [-0.25, -0.2) is 0 Å². The molecule has 0 N–H and O–H groups in total. The fourth-order valence-electron chi connectivity index (χ4n) is 3.83. The second-order valence-corrected chi connectivity index (χ2v) is 7.20. The first-order chi connectivity index (χ1) is 15.1. The number of carbonyl (C=O) groups is 1. The summed E-state index contributed by atoms with van der Waals surface area (Å²) < 4.78 is 37.3. The third-order valence-electron chi connectivity index (χ3n) is 5.28. The number of hydrogen-bond donors (Lipinski definition) is 0. The van der Waals surface area contributed by atoms with Crippen molar-refractivity contribution in [2.75, 3.05) is 20.2 Å². The molecular weight excluding hydrogens is 406 g/mol. The van der Waals surface area contributed by atoms with Crippen LogP contribution in [0.25, 0.3) is 11.7 Å². The predicted octanol–water partition coefficient (Wildman–Crippen LogP) is 3.76. The Kier molecular flexibility index (Phi) is 6.11. The van der Waals surface area contributed by atoms with Crippen LogP contribution in [-0.4, -0.2) is 52.2 Å². The smallest absolute Gasteiger partial charge is 0.387 e. The molecule has 2 aromatic heterocycles. The number of fused-ring (bicyclic) bond motifs is 1. The number of ether oxygens (including phenoxy) is 2. The van der Waals surface area contributed by atoms with Crippen LogP contribution in [0.15, 0.2) is 48.7 Å². The van der Waals surface area contributed by atoms with Crippen molar-refractivity contribution >= 4 is 17.6 Å². The average molecular weight is 428 g/mol. The van der Waals surface area contributed by atoms with Crippen LogP contribution in [0.1, 0.15) is 30.1 Å². The third-order valence-corrected chi connectivity index (χ3v) is 5.28. The van der Waals surface area contributed by atoms with Crippen LogP contribution in [0.5, 0.6) is 11.5 Å². The third kappa shape index (κ3) is 4.50. The van der Waals surface area contributed by atoms with E-state index in [0.29, 0.717) is 18.7 Å². The number of amides is 1. The van der Waals surface area contributed by atoms with Crippen molar-refractivity contribution in [2.45, 2.75) is 25.4 Å². The topological polar surface area (TPSA) is 69.0 Å². The minimum absolute atomic E-state index is 0.0676. The number of hydrogen-bond acceptors (Lipinski definition) is 5. The monoisotopic (exact) mass is 428 g/mol. The van der Waals surface area contributed by atoms with Gasteiger partial charge in [-0.2, -0.15) is 8.78 Å². The lowest BCUT2D eigenvalue weighted by atomic mass is 9.97. The summed E-state index contributed by atoms with van der Waals surface area (Å²) in [6.45, 7) is -1.87. The number of piperidine rings is 1. The van der Waals surface area contributed by atoms with Crippen molar-refractivity contribution in [3.8, 4) is 11.5 Å². The average Bonchev–Trinajstić information content (AvgIpc) is 3.22. The number of benzene rings is 1. The molecule has 1 atom stereocenters. The Labute approximate surface area is 177 Å². The molecule has 0 saturated carbocycles. The van der Waals surface area contributed by atoms with E-state index >= 15 is 0 Å². The van der Waals surface area contributed by atoms with Crippen molar-refractivity contribution < 1.29 is 23.0 Å². The molecule has 31 heavy (non-hydrogen) atoms. The number of carbonyl (C=O) groups excluding carboxylic acids is 1. The van der Waals surface area contributed by atoms with E-state index in [4.69, 9.17) is 4.74 Å². The van der Waals surface area contributed by atoms with Gasteiger partial charge in [0, 0.05) is 36.8 Å². The van der Waals surface area contributed by atoms with Crippen LogP contribution < -0.4 is 9.47 Å². The highest BCUT2D eigenvalue weighted by atomic mass is 19.3. The first kappa shape index (κ1) is 20.8. The first-order valence-electron chi connectivity index (χ1n) is 9.95. The van der Waals surface area contributed by atoms with E-state index in [1.165, 1.54) is 25.3 Å². The zero-order valence-electron chi connectivity index (χ0n) is 16.9. The zero-order valence-corrected chi connectivity index (χ0v) is 16.9. The Balaban J connectivity index is 1.51. The zero-order chi connectivity index (χ0) is 21.8. The van der Waals surface area contributed by atoms with E-state index in [0.717, 1.165) is 24.3 Å². The normalized spacial score (nSPS) is 16.9. The number of rotatable bonds is 6. The maximum Gasteiger partial charge on any atom is 0.387 e. The summed E-state index contributed by atoms with van der Waals surface area (Å²) in [7, 11) is 1.37. The molecule has 3 heterocycles. The van der Waals surface area contributed by atoms with Gasteiger partial charge in [0.15, 0.2) is 17.1 Å². The summed E-state index contributed by atoms with van der Waals surface area (Å²) in [5, 5.41) is 8.52. The maximum absolute atomic E-state index is 12.8. The number of para-hydroxylation sites is 1.